The van der Waals surface area contributed by atoms with Crippen LogP contribution < -0.4 is 0 Å². The van der Waals surface area contributed by atoms with E-state index in [1.54, 1.807) is 6.92 Å². The minimum absolute atomic E-state index is 0.0727. The lowest BCUT2D eigenvalue weighted by Crippen LogP contribution is -2.43. The molecule has 1 N–H and O–H groups in total. The molecule has 0 aromatic carbocycles. The van der Waals surface area contributed by atoms with Gasteiger partial charge in [0.25, 0.3) is 0 Å². The Kier molecular flexibility index (Phi) is 4.70. The van der Waals surface area contributed by atoms with E-state index in [0.29, 0.717) is 6.61 Å². The molecule has 2 unspecified atom stereocenters. The van der Waals surface area contributed by atoms with E-state index in [0.717, 1.165) is 0 Å². The average molecular weight is 231 g/mol. The normalized spacial score (nSPS) is 24.6. The fourth-order valence-electron chi connectivity index (χ4n) is 1.72. The average Bonchev–Trinajstić information content (AvgIpc) is 2.67. The lowest BCUT2D eigenvalue weighted by molar-refractivity contribution is -0.152. The van der Waals surface area contributed by atoms with E-state index in [2.05, 4.69) is 4.74 Å². The van der Waals surface area contributed by atoms with Crippen LogP contribution in [0.4, 0.5) is 0 Å². The standard InChI is InChI=1S/C10H17NO5/c1-3-16-6-9(13)11-5-7(12)4-8(11)10(14)15-2/h7-8,12H,3-6H2,1-2H3. The van der Waals surface area contributed by atoms with Crippen molar-refractivity contribution in [3.05, 3.63) is 0 Å². The van der Waals surface area contributed by atoms with Gasteiger partial charge in [0.15, 0.2) is 0 Å². The molecule has 1 fully saturated rings. The number of carbonyl (C=O) groups excluding carboxylic acids is 2. The molecule has 0 aromatic rings. The molecule has 92 valence electrons. The summed E-state index contributed by atoms with van der Waals surface area (Å²) in [5.41, 5.74) is 0. The summed E-state index contributed by atoms with van der Waals surface area (Å²) in [6.45, 7) is 2.30. The second-order valence-corrected chi connectivity index (χ2v) is 3.61. The fourth-order valence-corrected chi connectivity index (χ4v) is 1.72. The summed E-state index contributed by atoms with van der Waals surface area (Å²) in [6, 6.07) is -0.687. The summed E-state index contributed by atoms with van der Waals surface area (Å²) in [5, 5.41) is 9.45. The van der Waals surface area contributed by atoms with Gasteiger partial charge >= 0.3 is 5.97 Å². The Morgan fingerprint density at radius 1 is 1.50 bits per heavy atom. The first-order valence-corrected chi connectivity index (χ1v) is 5.23. The molecule has 0 bridgehead atoms. The van der Waals surface area contributed by atoms with Crippen LogP contribution in [0.3, 0.4) is 0 Å². The van der Waals surface area contributed by atoms with E-state index in [1.807, 2.05) is 0 Å². The smallest absolute Gasteiger partial charge is 0.328 e. The van der Waals surface area contributed by atoms with Gasteiger partial charge in [0.1, 0.15) is 12.6 Å². The van der Waals surface area contributed by atoms with Gasteiger partial charge in [-0.25, -0.2) is 4.79 Å². The molecular formula is C10H17NO5. The highest BCUT2D eigenvalue weighted by molar-refractivity contribution is 5.85. The maximum atomic E-state index is 11.7. The van der Waals surface area contributed by atoms with Crippen molar-refractivity contribution >= 4 is 11.9 Å². The van der Waals surface area contributed by atoms with Gasteiger partial charge in [-0.05, 0) is 6.92 Å². The Hall–Kier alpha value is -1.14. The highest BCUT2D eigenvalue weighted by Gasteiger charge is 2.39. The highest BCUT2D eigenvalue weighted by Crippen LogP contribution is 2.19. The van der Waals surface area contributed by atoms with Gasteiger partial charge in [-0.2, -0.15) is 0 Å². The Labute approximate surface area is 94.1 Å². The van der Waals surface area contributed by atoms with Crippen LogP contribution in [0.1, 0.15) is 13.3 Å². The molecule has 1 aliphatic rings. The SMILES string of the molecule is CCOCC(=O)N1CC(O)CC1C(=O)OC. The minimum Gasteiger partial charge on any atom is -0.467 e. The molecule has 1 aliphatic heterocycles. The van der Waals surface area contributed by atoms with Crippen molar-refractivity contribution in [2.75, 3.05) is 26.9 Å². The number of hydrogen-bond donors (Lipinski definition) is 1. The lowest BCUT2D eigenvalue weighted by atomic mass is 10.2. The molecule has 6 heteroatoms. The summed E-state index contributed by atoms with van der Waals surface area (Å²) in [7, 11) is 1.26. The monoisotopic (exact) mass is 231 g/mol. The van der Waals surface area contributed by atoms with Crippen LogP contribution in [0, 0.1) is 0 Å². The van der Waals surface area contributed by atoms with Crippen molar-refractivity contribution in [1.29, 1.82) is 0 Å². The number of likely N-dealkylation sites (tertiary alicyclic amines) is 1. The number of amides is 1. The molecule has 6 nitrogen and oxygen atoms in total. The van der Waals surface area contributed by atoms with Gasteiger partial charge in [0, 0.05) is 19.6 Å². The van der Waals surface area contributed by atoms with Crippen molar-refractivity contribution < 1.29 is 24.2 Å². The molecule has 1 rings (SSSR count). The van der Waals surface area contributed by atoms with Crippen LogP contribution in [0.2, 0.25) is 0 Å². The topological polar surface area (TPSA) is 76.1 Å². The summed E-state index contributed by atoms with van der Waals surface area (Å²) < 4.78 is 9.56. The molecule has 1 saturated heterocycles. The van der Waals surface area contributed by atoms with E-state index in [-0.39, 0.29) is 25.5 Å². The molecule has 0 radical (unpaired) electrons. The third-order valence-corrected chi connectivity index (χ3v) is 2.50. The van der Waals surface area contributed by atoms with Crippen LogP contribution in [0.25, 0.3) is 0 Å². The number of hydrogen-bond acceptors (Lipinski definition) is 5. The number of carbonyl (C=O) groups is 2. The van der Waals surface area contributed by atoms with Crippen LogP contribution in [0.5, 0.6) is 0 Å². The van der Waals surface area contributed by atoms with Crippen molar-refractivity contribution in [1.82, 2.24) is 4.90 Å². The van der Waals surface area contributed by atoms with E-state index >= 15 is 0 Å². The van der Waals surface area contributed by atoms with Gasteiger partial charge in [0.05, 0.1) is 13.2 Å². The number of aliphatic hydroxyl groups excluding tert-OH is 1. The third kappa shape index (κ3) is 2.93. The molecule has 2 atom stereocenters. The molecule has 0 saturated carbocycles. The lowest BCUT2D eigenvalue weighted by Gasteiger charge is -2.21. The number of esters is 1. The molecule has 1 heterocycles. The van der Waals surface area contributed by atoms with Crippen molar-refractivity contribution in [3.8, 4) is 0 Å². The van der Waals surface area contributed by atoms with Crippen molar-refractivity contribution in [3.63, 3.8) is 0 Å². The minimum atomic E-state index is -0.687. The van der Waals surface area contributed by atoms with Crippen molar-refractivity contribution in [2.45, 2.75) is 25.5 Å². The summed E-state index contributed by atoms with van der Waals surface area (Å²) in [4.78, 5) is 24.4. The first-order chi connectivity index (χ1) is 7.60. The predicted molar refractivity (Wildman–Crippen MR) is 54.6 cm³/mol. The first-order valence-electron chi connectivity index (χ1n) is 5.23. The van der Waals surface area contributed by atoms with Gasteiger partial charge in [-0.15, -0.1) is 0 Å². The van der Waals surface area contributed by atoms with Crippen LogP contribution in [-0.2, 0) is 19.1 Å². The third-order valence-electron chi connectivity index (χ3n) is 2.50. The van der Waals surface area contributed by atoms with Gasteiger partial charge in [-0.3, -0.25) is 4.79 Å². The summed E-state index contributed by atoms with van der Waals surface area (Å²) >= 11 is 0. The maximum Gasteiger partial charge on any atom is 0.328 e. The number of ether oxygens (including phenoxy) is 2. The summed E-state index contributed by atoms with van der Waals surface area (Å²) in [6.07, 6.45) is -0.445. The number of methoxy groups -OCH3 is 1. The van der Waals surface area contributed by atoms with Gasteiger partial charge in [-0.1, -0.05) is 0 Å². The van der Waals surface area contributed by atoms with Crippen LogP contribution >= 0.6 is 0 Å². The molecule has 0 aromatic heterocycles. The Morgan fingerprint density at radius 3 is 2.75 bits per heavy atom. The molecule has 0 aliphatic carbocycles. The van der Waals surface area contributed by atoms with E-state index in [4.69, 9.17) is 4.74 Å². The van der Waals surface area contributed by atoms with E-state index < -0.39 is 18.1 Å². The van der Waals surface area contributed by atoms with Crippen molar-refractivity contribution in [2.24, 2.45) is 0 Å². The van der Waals surface area contributed by atoms with Gasteiger partial charge < -0.3 is 19.5 Å². The number of rotatable bonds is 4. The fraction of sp³-hybridized carbons (Fsp3) is 0.800. The zero-order chi connectivity index (χ0) is 12.1. The van der Waals surface area contributed by atoms with E-state index in [9.17, 15) is 14.7 Å². The molecule has 16 heavy (non-hydrogen) atoms. The highest BCUT2D eigenvalue weighted by atomic mass is 16.5. The Balaban J connectivity index is 2.61. The Bertz CT molecular complexity index is 268. The maximum absolute atomic E-state index is 11.7. The number of aliphatic hydroxyl groups is 1. The number of nitrogens with zero attached hydrogens (tertiary/aromatic N) is 1. The quantitative estimate of drug-likeness (QED) is 0.638. The predicted octanol–water partition coefficient (Wildman–Crippen LogP) is -0.842. The largest absolute Gasteiger partial charge is 0.467 e. The molecule has 0 spiro atoms. The van der Waals surface area contributed by atoms with Crippen LogP contribution in [0.15, 0.2) is 0 Å². The second-order valence-electron chi connectivity index (χ2n) is 3.61. The van der Waals surface area contributed by atoms with Gasteiger partial charge in [0.2, 0.25) is 5.91 Å². The number of β-amino-alcohol motifs (C(OH)–C–C–N with tert-alkyl or cyclic N) is 1. The summed E-state index contributed by atoms with van der Waals surface area (Å²) in [5.74, 6) is -0.796. The molecular weight excluding hydrogens is 214 g/mol. The van der Waals surface area contributed by atoms with E-state index in [1.165, 1.54) is 12.0 Å². The first kappa shape index (κ1) is 12.9. The Morgan fingerprint density at radius 2 is 2.19 bits per heavy atom. The zero-order valence-electron chi connectivity index (χ0n) is 9.51. The second kappa shape index (κ2) is 5.81. The van der Waals surface area contributed by atoms with Crippen LogP contribution in [-0.4, -0.2) is 60.9 Å². The zero-order valence-corrected chi connectivity index (χ0v) is 9.51. The molecule has 1 amide bonds.